The van der Waals surface area contributed by atoms with Crippen molar-refractivity contribution < 1.29 is 4.74 Å². The van der Waals surface area contributed by atoms with E-state index in [1.807, 2.05) is 12.1 Å². The first kappa shape index (κ1) is 24.0. The standard InChI is InChI=1S/C26H44O/c1-3-5-6-7-8-9-10-11-12-13-14-15-16-17-21-24-27-26(4-2)25-22-19-18-20-23-25/h4,18-20,22-23,26H,2-3,5-17,21,24H2,1H3. The van der Waals surface area contributed by atoms with Crippen molar-refractivity contribution in [3.63, 3.8) is 0 Å². The van der Waals surface area contributed by atoms with Gasteiger partial charge in [-0.05, 0) is 12.0 Å². The van der Waals surface area contributed by atoms with E-state index >= 15 is 0 Å². The van der Waals surface area contributed by atoms with Crippen LogP contribution in [-0.4, -0.2) is 6.61 Å². The molecule has 0 aliphatic heterocycles. The van der Waals surface area contributed by atoms with Crippen molar-refractivity contribution in [3.8, 4) is 0 Å². The Hall–Kier alpha value is -1.08. The number of hydrogen-bond acceptors (Lipinski definition) is 1. The van der Waals surface area contributed by atoms with Crippen LogP contribution in [0.5, 0.6) is 0 Å². The zero-order valence-corrected chi connectivity index (χ0v) is 18.0. The molecule has 0 saturated carbocycles. The highest BCUT2D eigenvalue weighted by Crippen LogP contribution is 2.19. The fourth-order valence-electron chi connectivity index (χ4n) is 3.63. The molecule has 0 heterocycles. The maximum atomic E-state index is 5.97. The molecule has 0 aliphatic carbocycles. The van der Waals surface area contributed by atoms with E-state index in [9.17, 15) is 0 Å². The Morgan fingerprint density at radius 2 is 1.15 bits per heavy atom. The molecule has 1 aromatic carbocycles. The normalized spacial score (nSPS) is 12.2. The van der Waals surface area contributed by atoms with Gasteiger partial charge in [0.2, 0.25) is 0 Å². The lowest BCUT2D eigenvalue weighted by atomic mass is 10.0. The molecule has 1 unspecified atom stereocenters. The quantitative estimate of drug-likeness (QED) is 0.174. The monoisotopic (exact) mass is 372 g/mol. The molecule has 1 nitrogen and oxygen atoms in total. The SMILES string of the molecule is C=CC(OCCCCCCCCCCCCCCCCC)c1ccccc1. The zero-order valence-electron chi connectivity index (χ0n) is 18.0. The van der Waals surface area contributed by atoms with Crippen LogP contribution in [0.15, 0.2) is 43.0 Å². The molecule has 0 amide bonds. The fourth-order valence-corrected chi connectivity index (χ4v) is 3.63. The van der Waals surface area contributed by atoms with Crippen LogP contribution >= 0.6 is 0 Å². The molecule has 1 atom stereocenters. The lowest BCUT2D eigenvalue weighted by molar-refractivity contribution is 0.0821. The highest BCUT2D eigenvalue weighted by atomic mass is 16.5. The zero-order chi connectivity index (χ0) is 19.4. The third-order valence-corrected chi connectivity index (χ3v) is 5.39. The number of benzene rings is 1. The highest BCUT2D eigenvalue weighted by molar-refractivity contribution is 5.20. The van der Waals surface area contributed by atoms with E-state index < -0.39 is 0 Å². The van der Waals surface area contributed by atoms with Crippen LogP contribution < -0.4 is 0 Å². The van der Waals surface area contributed by atoms with Crippen molar-refractivity contribution in [1.29, 1.82) is 0 Å². The average molecular weight is 373 g/mol. The Morgan fingerprint density at radius 1 is 0.704 bits per heavy atom. The molecule has 0 fully saturated rings. The Balaban J connectivity index is 1.82. The molecule has 0 N–H and O–H groups in total. The molecule has 0 spiro atoms. The van der Waals surface area contributed by atoms with E-state index in [4.69, 9.17) is 4.74 Å². The van der Waals surface area contributed by atoms with Crippen LogP contribution in [0.3, 0.4) is 0 Å². The van der Waals surface area contributed by atoms with Crippen LogP contribution in [0.4, 0.5) is 0 Å². The largest absolute Gasteiger partial charge is 0.369 e. The second kappa shape index (κ2) is 18.3. The van der Waals surface area contributed by atoms with Gasteiger partial charge in [-0.3, -0.25) is 0 Å². The molecule has 1 aromatic rings. The molecule has 0 aliphatic rings. The smallest absolute Gasteiger partial charge is 0.100 e. The van der Waals surface area contributed by atoms with Gasteiger partial charge in [-0.1, -0.05) is 133 Å². The van der Waals surface area contributed by atoms with Crippen LogP contribution in [0, 0.1) is 0 Å². The van der Waals surface area contributed by atoms with Crippen molar-refractivity contribution in [2.75, 3.05) is 6.61 Å². The van der Waals surface area contributed by atoms with Gasteiger partial charge < -0.3 is 4.74 Å². The van der Waals surface area contributed by atoms with Gasteiger partial charge in [0.25, 0.3) is 0 Å². The Morgan fingerprint density at radius 3 is 1.59 bits per heavy atom. The van der Waals surface area contributed by atoms with Gasteiger partial charge in [-0.15, -0.1) is 6.58 Å². The second-order valence-corrected chi connectivity index (χ2v) is 7.89. The molecular weight excluding hydrogens is 328 g/mol. The minimum absolute atomic E-state index is 0.0397. The van der Waals surface area contributed by atoms with E-state index in [-0.39, 0.29) is 6.10 Å². The number of hydrogen-bond donors (Lipinski definition) is 0. The van der Waals surface area contributed by atoms with Crippen LogP contribution in [0.1, 0.15) is 115 Å². The van der Waals surface area contributed by atoms with Crippen molar-refractivity contribution in [1.82, 2.24) is 0 Å². The Labute approximate surface area is 169 Å². The van der Waals surface area contributed by atoms with E-state index in [1.54, 1.807) is 0 Å². The summed E-state index contributed by atoms with van der Waals surface area (Å²) in [6.07, 6.45) is 22.9. The van der Waals surface area contributed by atoms with Gasteiger partial charge in [-0.2, -0.15) is 0 Å². The highest BCUT2D eigenvalue weighted by Gasteiger charge is 2.06. The molecular formula is C26H44O. The van der Waals surface area contributed by atoms with Gasteiger partial charge in [0.1, 0.15) is 6.10 Å². The first-order chi connectivity index (χ1) is 13.4. The molecule has 0 aromatic heterocycles. The predicted molar refractivity (Wildman–Crippen MR) is 120 cm³/mol. The molecule has 154 valence electrons. The summed E-state index contributed by atoms with van der Waals surface area (Å²) < 4.78 is 5.97. The topological polar surface area (TPSA) is 9.23 Å². The Kier molecular flexibility index (Phi) is 16.2. The molecule has 27 heavy (non-hydrogen) atoms. The van der Waals surface area contributed by atoms with Gasteiger partial charge in [0, 0.05) is 6.61 Å². The van der Waals surface area contributed by atoms with E-state index in [1.165, 1.54) is 95.5 Å². The summed E-state index contributed by atoms with van der Waals surface area (Å²) in [6, 6.07) is 10.4. The Bertz CT molecular complexity index is 425. The van der Waals surface area contributed by atoms with Gasteiger partial charge in [-0.25, -0.2) is 0 Å². The molecule has 0 radical (unpaired) electrons. The van der Waals surface area contributed by atoms with Crippen molar-refractivity contribution >= 4 is 0 Å². The summed E-state index contributed by atoms with van der Waals surface area (Å²) in [7, 11) is 0. The second-order valence-electron chi connectivity index (χ2n) is 7.89. The molecule has 1 rings (SSSR count). The summed E-state index contributed by atoms with van der Waals surface area (Å²) in [4.78, 5) is 0. The number of ether oxygens (including phenoxy) is 1. The van der Waals surface area contributed by atoms with Crippen LogP contribution in [0.2, 0.25) is 0 Å². The predicted octanol–water partition coefficient (Wildman–Crippen LogP) is 8.80. The van der Waals surface area contributed by atoms with Crippen molar-refractivity contribution in [2.45, 2.75) is 109 Å². The molecule has 0 bridgehead atoms. The van der Waals surface area contributed by atoms with E-state index in [0.29, 0.717) is 0 Å². The summed E-state index contributed by atoms with van der Waals surface area (Å²) in [5, 5.41) is 0. The average Bonchev–Trinajstić information content (AvgIpc) is 2.71. The van der Waals surface area contributed by atoms with Crippen LogP contribution in [-0.2, 0) is 4.74 Å². The third kappa shape index (κ3) is 13.7. The minimum atomic E-state index is 0.0397. The summed E-state index contributed by atoms with van der Waals surface area (Å²) >= 11 is 0. The summed E-state index contributed by atoms with van der Waals surface area (Å²) in [5.41, 5.74) is 1.20. The van der Waals surface area contributed by atoms with Crippen LogP contribution in [0.25, 0.3) is 0 Å². The van der Waals surface area contributed by atoms with Gasteiger partial charge in [0.05, 0.1) is 0 Å². The molecule has 1 heteroatoms. The number of unbranched alkanes of at least 4 members (excludes halogenated alkanes) is 14. The third-order valence-electron chi connectivity index (χ3n) is 5.39. The summed E-state index contributed by atoms with van der Waals surface area (Å²) in [6.45, 7) is 7.03. The summed E-state index contributed by atoms with van der Waals surface area (Å²) in [5.74, 6) is 0. The minimum Gasteiger partial charge on any atom is -0.369 e. The van der Waals surface area contributed by atoms with Crippen molar-refractivity contribution in [2.24, 2.45) is 0 Å². The molecule has 0 saturated heterocycles. The maximum Gasteiger partial charge on any atom is 0.100 e. The van der Waals surface area contributed by atoms with Gasteiger partial charge >= 0.3 is 0 Å². The lowest BCUT2D eigenvalue weighted by Crippen LogP contribution is -2.02. The van der Waals surface area contributed by atoms with E-state index in [0.717, 1.165) is 13.0 Å². The fraction of sp³-hybridized carbons (Fsp3) is 0.692. The first-order valence-electron chi connectivity index (χ1n) is 11.7. The maximum absolute atomic E-state index is 5.97. The van der Waals surface area contributed by atoms with E-state index in [2.05, 4.69) is 37.8 Å². The van der Waals surface area contributed by atoms with Crippen molar-refractivity contribution in [3.05, 3.63) is 48.6 Å². The van der Waals surface area contributed by atoms with Gasteiger partial charge in [0.15, 0.2) is 0 Å². The first-order valence-corrected chi connectivity index (χ1v) is 11.7. The lowest BCUT2D eigenvalue weighted by Gasteiger charge is -2.14. The number of rotatable bonds is 19.